The van der Waals surface area contributed by atoms with Crippen LogP contribution >= 0.6 is 0 Å². The van der Waals surface area contributed by atoms with Crippen LogP contribution < -0.4 is 20.1 Å². The summed E-state index contributed by atoms with van der Waals surface area (Å²) < 4.78 is 6.56. The number of hydrogen-bond acceptors (Lipinski definition) is 10. The van der Waals surface area contributed by atoms with Crippen molar-refractivity contribution in [2.24, 2.45) is 0 Å². The van der Waals surface area contributed by atoms with Crippen LogP contribution in [0.4, 0.5) is 11.8 Å². The number of ether oxygens (including phenoxy) is 1. The number of fused-ring (bicyclic) bond motifs is 1. The van der Waals surface area contributed by atoms with E-state index in [4.69, 9.17) is 15.0 Å². The molecule has 210 valence electrons. The van der Waals surface area contributed by atoms with Crippen molar-refractivity contribution >= 4 is 17.5 Å². The molecule has 3 N–H and O–H groups in total. The number of hydrogen-bond donors (Lipinski definition) is 3. The molecular weight excluding hydrogens is 508 g/mol. The first kappa shape index (κ1) is 28.7. The minimum absolute atomic E-state index is 0.0667. The van der Waals surface area contributed by atoms with Crippen molar-refractivity contribution in [2.45, 2.75) is 51.5 Å². The molecule has 3 aromatic heterocycles. The Morgan fingerprint density at radius 3 is 2.92 bits per heavy atom. The first-order valence-electron chi connectivity index (χ1n) is 13.8. The average molecular weight is 546 g/mol. The number of ketones is 1. The maximum absolute atomic E-state index is 12.4. The second-order valence-corrected chi connectivity index (χ2v) is 9.87. The second kappa shape index (κ2) is 14.7. The van der Waals surface area contributed by atoms with Gasteiger partial charge in [-0.2, -0.15) is 5.26 Å². The number of Topliss-reactive ketones (excluding diaryl/α,β-unsaturated/α-hetero) is 1. The lowest BCUT2D eigenvalue weighted by Crippen LogP contribution is -2.42. The van der Waals surface area contributed by atoms with E-state index in [1.807, 2.05) is 24.3 Å². The van der Waals surface area contributed by atoms with E-state index in [2.05, 4.69) is 37.6 Å². The van der Waals surface area contributed by atoms with Crippen LogP contribution in [0, 0.1) is 11.3 Å². The molecule has 11 nitrogen and oxygen atoms in total. The summed E-state index contributed by atoms with van der Waals surface area (Å²) >= 11 is 0. The molecule has 1 aliphatic rings. The van der Waals surface area contributed by atoms with Crippen molar-refractivity contribution in [3.05, 3.63) is 65.7 Å². The standard InChI is InChI=1S/C29H36N8O3/c1-22(38)26(35-29-33-20-23(19-30)21-37(29)39)12-16-36(17-18-40-27-9-2-4-13-31-27)15-5-3-8-25-11-10-24-7-6-14-32-28(24)34-25/h2,4,9-11,13,20-21,26,39H,3,5-8,12,14-18H2,1H3,(H,32,34)/p+1/t26-/m0/s1. The number of aromatic nitrogens is 4. The molecule has 1 aliphatic heterocycles. The number of nitriles is 1. The number of carbonyl (C=O) groups is 1. The number of carbonyl (C=O) groups excluding carboxylic acids is 1. The van der Waals surface area contributed by atoms with Crippen LogP contribution in [0.2, 0.25) is 0 Å². The predicted octanol–water partition coefficient (Wildman–Crippen LogP) is 2.79. The Hall–Kier alpha value is -4.30. The summed E-state index contributed by atoms with van der Waals surface area (Å²) in [7, 11) is 0. The van der Waals surface area contributed by atoms with Gasteiger partial charge in [-0.1, -0.05) is 21.8 Å². The van der Waals surface area contributed by atoms with Crippen LogP contribution in [0.1, 0.15) is 49.4 Å². The number of unbranched alkanes of at least 4 members (excludes halogenated alkanes) is 1. The van der Waals surface area contributed by atoms with Crippen molar-refractivity contribution < 1.29 is 19.5 Å². The Bertz CT molecular complexity index is 1300. The first-order chi connectivity index (χ1) is 19.5. The zero-order chi connectivity index (χ0) is 28.2. The highest BCUT2D eigenvalue weighted by Crippen LogP contribution is 2.20. The second-order valence-electron chi connectivity index (χ2n) is 9.87. The van der Waals surface area contributed by atoms with Gasteiger partial charge in [0.25, 0.3) is 0 Å². The maximum atomic E-state index is 12.4. The third-order valence-corrected chi connectivity index (χ3v) is 6.87. The van der Waals surface area contributed by atoms with Gasteiger partial charge in [-0.25, -0.2) is 9.97 Å². The number of nitrogens with one attached hydrogen (secondary N) is 2. The molecule has 4 heterocycles. The normalized spacial score (nSPS) is 13.1. The van der Waals surface area contributed by atoms with E-state index in [1.54, 1.807) is 6.20 Å². The van der Waals surface area contributed by atoms with Crippen LogP contribution in [-0.2, 0) is 17.6 Å². The van der Waals surface area contributed by atoms with Gasteiger partial charge in [-0.3, -0.25) is 15.0 Å². The molecule has 0 radical (unpaired) electrons. The third-order valence-electron chi connectivity index (χ3n) is 6.87. The van der Waals surface area contributed by atoms with E-state index in [9.17, 15) is 10.0 Å². The van der Waals surface area contributed by atoms with Crippen molar-refractivity contribution in [1.82, 2.24) is 19.9 Å². The van der Waals surface area contributed by atoms with Gasteiger partial charge in [0.15, 0.2) is 5.78 Å². The monoisotopic (exact) mass is 545 g/mol. The minimum atomic E-state index is -0.551. The lowest BCUT2D eigenvalue weighted by Gasteiger charge is -2.24. The lowest BCUT2D eigenvalue weighted by atomic mass is 10.1. The summed E-state index contributed by atoms with van der Waals surface area (Å²) in [5.74, 6) is 1.65. The maximum Gasteiger partial charge on any atom is 0.428 e. The number of pyridine rings is 2. The Balaban J connectivity index is 1.31. The van der Waals surface area contributed by atoms with Gasteiger partial charge in [0, 0.05) is 44.0 Å². The quantitative estimate of drug-likeness (QED) is 0.148. The zero-order valence-electron chi connectivity index (χ0n) is 22.9. The first-order valence-corrected chi connectivity index (χ1v) is 13.8. The average Bonchev–Trinajstić information content (AvgIpc) is 2.97. The SMILES string of the molecule is CC(=O)[C@H](CCN(CCCCc1ccc2c(n1)NCCC2)CCOc1ccccn1)Nc1ncc(C#N)c[n+]1O. The summed E-state index contributed by atoms with van der Waals surface area (Å²) in [4.78, 5) is 27.8. The molecule has 0 bridgehead atoms. The number of nitrogens with zero attached hydrogens (tertiary/aromatic N) is 6. The molecule has 11 heteroatoms. The van der Waals surface area contributed by atoms with Gasteiger partial charge >= 0.3 is 5.95 Å². The van der Waals surface area contributed by atoms with Crippen LogP contribution in [-0.4, -0.2) is 69.7 Å². The number of rotatable bonds is 15. The van der Waals surface area contributed by atoms with Gasteiger partial charge < -0.3 is 15.3 Å². The fourth-order valence-corrected chi connectivity index (χ4v) is 4.62. The molecule has 1 atom stereocenters. The Morgan fingerprint density at radius 1 is 1.25 bits per heavy atom. The van der Waals surface area contributed by atoms with Gasteiger partial charge in [-0.15, -0.1) is 0 Å². The number of aryl methyl sites for hydroxylation is 2. The summed E-state index contributed by atoms with van der Waals surface area (Å²) in [5.41, 5.74) is 2.62. The molecule has 3 aromatic rings. The molecule has 0 amide bonds. The Labute approximate surface area is 234 Å². The summed E-state index contributed by atoms with van der Waals surface area (Å²) in [6.07, 6.45) is 9.93. The van der Waals surface area contributed by atoms with Crippen molar-refractivity contribution in [1.29, 1.82) is 5.26 Å². The highest BCUT2D eigenvalue weighted by molar-refractivity contribution is 5.83. The van der Waals surface area contributed by atoms with Gasteiger partial charge in [0.05, 0.1) is 0 Å². The Morgan fingerprint density at radius 2 is 2.15 bits per heavy atom. The molecule has 0 fully saturated rings. The predicted molar refractivity (Wildman–Crippen MR) is 149 cm³/mol. The molecule has 0 aromatic carbocycles. The number of anilines is 2. The molecule has 0 unspecified atom stereocenters. The van der Waals surface area contributed by atoms with Gasteiger partial charge in [0.1, 0.15) is 42.5 Å². The van der Waals surface area contributed by atoms with Crippen molar-refractivity contribution in [2.75, 3.05) is 43.4 Å². The van der Waals surface area contributed by atoms with Gasteiger partial charge in [0.2, 0.25) is 5.88 Å². The molecule has 0 saturated carbocycles. The summed E-state index contributed by atoms with van der Waals surface area (Å²) in [6, 6.07) is 11.3. The highest BCUT2D eigenvalue weighted by atomic mass is 16.5. The van der Waals surface area contributed by atoms with E-state index < -0.39 is 6.04 Å². The molecule has 0 spiro atoms. The van der Waals surface area contributed by atoms with Crippen LogP contribution in [0.25, 0.3) is 0 Å². The smallest absolute Gasteiger partial charge is 0.428 e. The van der Waals surface area contributed by atoms with E-state index in [0.29, 0.717) is 32.0 Å². The molecule has 0 aliphatic carbocycles. The molecule has 0 saturated heterocycles. The van der Waals surface area contributed by atoms with E-state index in [-0.39, 0.29) is 17.3 Å². The van der Waals surface area contributed by atoms with E-state index in [0.717, 1.165) is 61.4 Å². The van der Waals surface area contributed by atoms with Crippen LogP contribution in [0.15, 0.2) is 48.9 Å². The van der Waals surface area contributed by atoms with Crippen molar-refractivity contribution in [3.63, 3.8) is 0 Å². The van der Waals surface area contributed by atoms with E-state index in [1.165, 1.54) is 24.9 Å². The Kier molecular flexibility index (Phi) is 10.6. The van der Waals surface area contributed by atoms with E-state index >= 15 is 0 Å². The summed E-state index contributed by atoms with van der Waals surface area (Å²) in [5, 5.41) is 25.6. The highest BCUT2D eigenvalue weighted by Gasteiger charge is 2.23. The largest absolute Gasteiger partial charge is 0.476 e. The fraction of sp³-hybridized carbons (Fsp3) is 0.448. The zero-order valence-corrected chi connectivity index (χ0v) is 22.9. The molecular formula is C29H37N8O3+. The molecule has 40 heavy (non-hydrogen) atoms. The van der Waals surface area contributed by atoms with Crippen molar-refractivity contribution in [3.8, 4) is 11.9 Å². The van der Waals surface area contributed by atoms with Crippen LogP contribution in [0.3, 0.4) is 0 Å². The summed E-state index contributed by atoms with van der Waals surface area (Å²) in [6.45, 7) is 5.13. The van der Waals surface area contributed by atoms with Crippen LogP contribution in [0.5, 0.6) is 5.88 Å². The fourth-order valence-electron chi connectivity index (χ4n) is 4.62. The minimum Gasteiger partial charge on any atom is -0.476 e. The van der Waals surface area contributed by atoms with Gasteiger partial charge in [-0.05, 0) is 63.3 Å². The third kappa shape index (κ3) is 8.61. The molecule has 4 rings (SSSR count). The topological polar surface area (TPSA) is 140 Å². The lowest BCUT2D eigenvalue weighted by molar-refractivity contribution is -0.895.